The van der Waals surface area contributed by atoms with Crippen molar-refractivity contribution in [3.05, 3.63) is 16.0 Å². The Morgan fingerprint density at radius 2 is 2.00 bits per heavy atom. The molecule has 2 N–H and O–H groups in total. The van der Waals surface area contributed by atoms with E-state index in [1.54, 1.807) is 0 Å². The van der Waals surface area contributed by atoms with E-state index in [9.17, 15) is 19.2 Å². The number of hydrogen-bond donors (Lipinski definition) is 2. The van der Waals surface area contributed by atoms with Crippen molar-refractivity contribution in [3.63, 3.8) is 0 Å². The summed E-state index contributed by atoms with van der Waals surface area (Å²) in [7, 11) is 2.42. The van der Waals surface area contributed by atoms with E-state index in [1.807, 2.05) is 0 Å². The molecule has 1 aromatic rings. The van der Waals surface area contributed by atoms with E-state index in [0.29, 0.717) is 0 Å². The first-order valence-corrected chi connectivity index (χ1v) is 6.74. The third-order valence-electron chi connectivity index (χ3n) is 3.36. The fourth-order valence-corrected chi connectivity index (χ4v) is 2.73. The van der Waals surface area contributed by atoms with Crippen LogP contribution in [0.2, 0.25) is 0 Å². The van der Waals surface area contributed by atoms with Gasteiger partial charge >= 0.3 is 11.9 Å². The van der Waals surface area contributed by atoms with Crippen LogP contribution in [0.25, 0.3) is 0 Å². The Balaban J connectivity index is 2.15. The minimum atomic E-state index is -1.33. The van der Waals surface area contributed by atoms with Crippen molar-refractivity contribution in [1.82, 2.24) is 14.1 Å². The number of aromatic nitrogens is 2. The maximum absolute atomic E-state index is 12.0. The normalized spacial score (nSPS) is 23.8. The predicted octanol–water partition coefficient (Wildman–Crippen LogP) is -0.944. The number of rotatable bonds is 4. The van der Waals surface area contributed by atoms with Gasteiger partial charge in [0.15, 0.2) is 0 Å². The number of methoxy groups -OCH3 is 2. The lowest BCUT2D eigenvalue weighted by Gasteiger charge is -2.43. The van der Waals surface area contributed by atoms with Crippen LogP contribution in [-0.4, -0.2) is 46.4 Å². The summed E-state index contributed by atoms with van der Waals surface area (Å²) in [5.41, 5.74) is -2.30. The predicted molar refractivity (Wildman–Crippen MR) is 69.7 cm³/mol. The summed E-state index contributed by atoms with van der Waals surface area (Å²) in [4.78, 5) is 46.6. The third kappa shape index (κ3) is 2.66. The van der Waals surface area contributed by atoms with Gasteiger partial charge in [-0.1, -0.05) is 0 Å². The van der Waals surface area contributed by atoms with Crippen LogP contribution in [0.15, 0.2) is 4.79 Å². The smallest absolute Gasteiger partial charge is 0.331 e. The average molecular weight is 315 g/mol. The van der Waals surface area contributed by atoms with Gasteiger partial charge in [0.1, 0.15) is 5.54 Å². The second-order valence-electron chi connectivity index (χ2n) is 4.62. The van der Waals surface area contributed by atoms with Crippen molar-refractivity contribution in [2.24, 2.45) is 5.92 Å². The van der Waals surface area contributed by atoms with Crippen molar-refractivity contribution < 1.29 is 23.9 Å². The van der Waals surface area contributed by atoms with E-state index in [2.05, 4.69) is 23.5 Å². The Labute approximate surface area is 122 Å². The van der Waals surface area contributed by atoms with Crippen LogP contribution in [0.4, 0.5) is 0 Å². The van der Waals surface area contributed by atoms with Crippen molar-refractivity contribution in [2.75, 3.05) is 14.2 Å². The number of nitrogens with one attached hydrogen (secondary N) is 2. The van der Waals surface area contributed by atoms with Gasteiger partial charge in [0.25, 0.3) is 11.5 Å². The monoisotopic (exact) mass is 315 g/mol. The maximum atomic E-state index is 12.0. The number of hydrogen-bond acceptors (Lipinski definition) is 8. The zero-order chi connectivity index (χ0) is 15.6. The minimum Gasteiger partial charge on any atom is -0.469 e. The zero-order valence-electron chi connectivity index (χ0n) is 11.3. The van der Waals surface area contributed by atoms with Crippen molar-refractivity contribution in [2.45, 2.75) is 18.4 Å². The van der Waals surface area contributed by atoms with Crippen LogP contribution in [0.3, 0.4) is 0 Å². The molecule has 1 fully saturated rings. The van der Waals surface area contributed by atoms with Crippen LogP contribution in [0.1, 0.15) is 23.3 Å². The van der Waals surface area contributed by atoms with Gasteiger partial charge < -0.3 is 14.8 Å². The lowest BCUT2D eigenvalue weighted by atomic mass is 9.68. The second-order valence-corrected chi connectivity index (χ2v) is 5.19. The molecule has 10 heteroatoms. The molecular formula is C11H13N3O6S. The summed E-state index contributed by atoms with van der Waals surface area (Å²) in [5.74, 6) is -2.42. The number of carbonyl (C=O) groups excluding carboxylic acids is 3. The van der Waals surface area contributed by atoms with Gasteiger partial charge in [0, 0.05) is 11.7 Å². The van der Waals surface area contributed by atoms with Crippen LogP contribution >= 0.6 is 11.7 Å². The highest BCUT2D eigenvalue weighted by Crippen LogP contribution is 2.39. The summed E-state index contributed by atoms with van der Waals surface area (Å²) in [6, 6.07) is 0. The molecule has 2 rings (SSSR count). The van der Waals surface area contributed by atoms with Gasteiger partial charge in [-0.15, -0.1) is 0 Å². The van der Waals surface area contributed by atoms with E-state index in [-0.39, 0.29) is 18.5 Å². The fourth-order valence-electron chi connectivity index (χ4n) is 2.25. The molecule has 114 valence electrons. The van der Waals surface area contributed by atoms with E-state index >= 15 is 0 Å². The zero-order valence-corrected chi connectivity index (χ0v) is 12.1. The fraction of sp³-hybridized carbons (Fsp3) is 0.545. The summed E-state index contributed by atoms with van der Waals surface area (Å²) >= 11 is 0.731. The Bertz CT molecular complexity index is 630. The highest BCUT2D eigenvalue weighted by atomic mass is 32.1. The van der Waals surface area contributed by atoms with Gasteiger partial charge in [-0.2, -0.15) is 4.37 Å². The number of aromatic amines is 1. The first kappa shape index (κ1) is 15.2. The molecule has 9 nitrogen and oxygen atoms in total. The van der Waals surface area contributed by atoms with Crippen molar-refractivity contribution in [1.29, 1.82) is 0 Å². The molecule has 21 heavy (non-hydrogen) atoms. The average Bonchev–Trinajstić information content (AvgIpc) is 2.86. The van der Waals surface area contributed by atoms with Gasteiger partial charge in [-0.25, -0.2) is 4.79 Å². The highest BCUT2D eigenvalue weighted by Gasteiger charge is 2.55. The number of nitrogens with zero attached hydrogens (tertiary/aromatic N) is 1. The standard InChI is InChI=1S/C11H13N3O6S/c1-19-9(17)5-3-11(4-5,10(18)20-2)12-7(15)6-8(16)14-21-13-6/h5H,3-4H2,1-2H3,(H,12,15)(H,14,16). The van der Waals surface area contributed by atoms with Crippen LogP contribution in [0, 0.1) is 5.92 Å². The van der Waals surface area contributed by atoms with Crippen LogP contribution in [0.5, 0.6) is 0 Å². The third-order valence-corrected chi connectivity index (χ3v) is 3.91. The first-order valence-electron chi connectivity index (χ1n) is 5.96. The van der Waals surface area contributed by atoms with E-state index in [0.717, 1.165) is 11.7 Å². The van der Waals surface area contributed by atoms with E-state index in [4.69, 9.17) is 0 Å². The van der Waals surface area contributed by atoms with Gasteiger partial charge in [0.05, 0.1) is 20.1 Å². The molecule has 1 saturated carbocycles. The minimum absolute atomic E-state index is 0.0557. The molecule has 0 aromatic carbocycles. The molecule has 0 radical (unpaired) electrons. The SMILES string of the molecule is COC(=O)C1CC(NC(=O)c2ns[nH]c2=O)(C(=O)OC)C1. The molecule has 0 unspecified atom stereocenters. The molecule has 1 aliphatic carbocycles. The largest absolute Gasteiger partial charge is 0.469 e. The second kappa shape index (κ2) is 5.64. The Kier molecular flexibility index (Phi) is 4.07. The lowest BCUT2D eigenvalue weighted by Crippen LogP contribution is -2.64. The van der Waals surface area contributed by atoms with Crippen LogP contribution < -0.4 is 10.9 Å². The lowest BCUT2D eigenvalue weighted by molar-refractivity contribution is -0.162. The Morgan fingerprint density at radius 3 is 2.48 bits per heavy atom. The van der Waals surface area contributed by atoms with Crippen molar-refractivity contribution in [3.8, 4) is 0 Å². The number of H-pyrrole nitrogens is 1. The molecule has 0 atom stereocenters. The molecule has 1 aliphatic rings. The summed E-state index contributed by atoms with van der Waals surface area (Å²) in [5, 5.41) is 2.44. The van der Waals surface area contributed by atoms with Gasteiger partial charge in [0.2, 0.25) is 5.69 Å². The number of ether oxygens (including phenoxy) is 2. The van der Waals surface area contributed by atoms with Gasteiger partial charge in [-0.05, 0) is 12.8 Å². The molecule has 0 spiro atoms. The topological polar surface area (TPSA) is 127 Å². The molecular weight excluding hydrogens is 302 g/mol. The molecule has 0 aliphatic heterocycles. The summed E-state index contributed by atoms with van der Waals surface area (Å²) in [6.07, 6.45) is 0.111. The van der Waals surface area contributed by atoms with Gasteiger partial charge in [-0.3, -0.25) is 18.8 Å². The van der Waals surface area contributed by atoms with E-state index < -0.39 is 34.9 Å². The number of carbonyl (C=O) groups is 3. The highest BCUT2D eigenvalue weighted by molar-refractivity contribution is 6.99. The molecule has 1 aromatic heterocycles. The Hall–Kier alpha value is -2.23. The Morgan fingerprint density at radius 1 is 1.33 bits per heavy atom. The number of amides is 1. The van der Waals surface area contributed by atoms with E-state index in [1.165, 1.54) is 14.2 Å². The number of esters is 2. The first-order chi connectivity index (χ1) is 9.93. The summed E-state index contributed by atoms with van der Waals surface area (Å²) in [6.45, 7) is 0. The quantitative estimate of drug-likeness (QED) is 0.686. The van der Waals surface area contributed by atoms with Crippen molar-refractivity contribution >= 4 is 29.6 Å². The maximum Gasteiger partial charge on any atom is 0.331 e. The molecule has 1 amide bonds. The molecule has 1 heterocycles. The summed E-state index contributed by atoms with van der Waals surface area (Å²) < 4.78 is 15.2. The molecule has 0 bridgehead atoms. The molecule has 0 saturated heterocycles. The van der Waals surface area contributed by atoms with Crippen LogP contribution in [-0.2, 0) is 19.1 Å².